The molecular formula is C16H15FN2O2. The molecule has 2 N–H and O–H groups in total. The van der Waals surface area contributed by atoms with Crippen LogP contribution in [0, 0.1) is 5.82 Å². The maximum atomic E-state index is 13.5. The minimum atomic E-state index is -0.414. The van der Waals surface area contributed by atoms with Crippen LogP contribution in [0.3, 0.4) is 0 Å². The minimum absolute atomic E-state index is 0.0684. The third-order valence-corrected chi connectivity index (χ3v) is 2.82. The number of para-hydroxylation sites is 2. The average Bonchev–Trinajstić information content (AvgIpc) is 2.43. The van der Waals surface area contributed by atoms with Gasteiger partial charge < -0.3 is 10.6 Å². The summed E-state index contributed by atoms with van der Waals surface area (Å²) in [4.78, 5) is 23.1. The summed E-state index contributed by atoms with van der Waals surface area (Å²) in [6.45, 7) is 1.39. The molecule has 0 saturated heterocycles. The van der Waals surface area contributed by atoms with E-state index in [1.165, 1.54) is 13.0 Å². The predicted octanol–water partition coefficient (Wildman–Crippen LogP) is 2.97. The molecule has 0 aliphatic heterocycles. The summed E-state index contributed by atoms with van der Waals surface area (Å²) in [5, 5.41) is 5.30. The van der Waals surface area contributed by atoms with Gasteiger partial charge in [0, 0.05) is 6.92 Å². The van der Waals surface area contributed by atoms with E-state index in [4.69, 9.17) is 0 Å². The smallest absolute Gasteiger partial charge is 0.228 e. The minimum Gasteiger partial charge on any atom is -0.325 e. The normalized spacial score (nSPS) is 10.0. The molecule has 108 valence electrons. The standard InChI is InChI=1S/C16H15FN2O2/c1-11(20)18-14-8-4-5-9-15(14)19-16(21)10-12-6-2-3-7-13(12)17/h2-9H,10H2,1H3,(H,18,20)(H,19,21). The summed E-state index contributed by atoms with van der Waals surface area (Å²) in [5.74, 6) is -0.994. The molecule has 0 unspecified atom stereocenters. The van der Waals surface area contributed by atoms with Crippen molar-refractivity contribution in [2.75, 3.05) is 10.6 Å². The number of rotatable bonds is 4. The first-order valence-corrected chi connectivity index (χ1v) is 6.46. The Kier molecular flexibility index (Phi) is 4.66. The van der Waals surface area contributed by atoms with Crippen LogP contribution in [0.25, 0.3) is 0 Å². The average molecular weight is 286 g/mol. The van der Waals surface area contributed by atoms with Crippen molar-refractivity contribution >= 4 is 23.2 Å². The van der Waals surface area contributed by atoms with Gasteiger partial charge in [-0.3, -0.25) is 9.59 Å². The van der Waals surface area contributed by atoms with Crippen molar-refractivity contribution in [1.29, 1.82) is 0 Å². The fraction of sp³-hybridized carbons (Fsp3) is 0.125. The molecule has 4 nitrogen and oxygen atoms in total. The van der Waals surface area contributed by atoms with Gasteiger partial charge in [0.1, 0.15) is 5.82 Å². The van der Waals surface area contributed by atoms with Crippen molar-refractivity contribution in [3.63, 3.8) is 0 Å². The monoisotopic (exact) mass is 286 g/mol. The van der Waals surface area contributed by atoms with Crippen LogP contribution in [0.15, 0.2) is 48.5 Å². The largest absolute Gasteiger partial charge is 0.325 e. The molecule has 0 aliphatic rings. The zero-order chi connectivity index (χ0) is 15.2. The Morgan fingerprint density at radius 3 is 2.14 bits per heavy atom. The number of amides is 2. The Bertz CT molecular complexity index is 671. The number of hydrogen-bond acceptors (Lipinski definition) is 2. The van der Waals surface area contributed by atoms with Crippen LogP contribution in [0.4, 0.5) is 15.8 Å². The molecule has 0 bridgehead atoms. The quantitative estimate of drug-likeness (QED) is 0.907. The highest BCUT2D eigenvalue weighted by Gasteiger charge is 2.10. The van der Waals surface area contributed by atoms with Gasteiger partial charge in [-0.15, -0.1) is 0 Å². The summed E-state index contributed by atoms with van der Waals surface area (Å²) >= 11 is 0. The highest BCUT2D eigenvalue weighted by Crippen LogP contribution is 2.21. The lowest BCUT2D eigenvalue weighted by Crippen LogP contribution is -2.17. The van der Waals surface area contributed by atoms with Gasteiger partial charge in [0.25, 0.3) is 0 Å². The Balaban J connectivity index is 2.10. The first kappa shape index (κ1) is 14.7. The van der Waals surface area contributed by atoms with Crippen molar-refractivity contribution in [1.82, 2.24) is 0 Å². The first-order chi connectivity index (χ1) is 10.1. The van der Waals surface area contributed by atoms with E-state index in [2.05, 4.69) is 10.6 Å². The molecule has 2 aromatic rings. The van der Waals surface area contributed by atoms with Crippen LogP contribution < -0.4 is 10.6 Å². The topological polar surface area (TPSA) is 58.2 Å². The zero-order valence-corrected chi connectivity index (χ0v) is 11.5. The van der Waals surface area contributed by atoms with E-state index in [0.717, 1.165) is 0 Å². The number of anilines is 2. The molecular weight excluding hydrogens is 271 g/mol. The molecule has 0 aliphatic carbocycles. The van der Waals surface area contributed by atoms with E-state index in [1.54, 1.807) is 42.5 Å². The molecule has 21 heavy (non-hydrogen) atoms. The van der Waals surface area contributed by atoms with Gasteiger partial charge in [-0.2, -0.15) is 0 Å². The van der Waals surface area contributed by atoms with Crippen LogP contribution in [0.1, 0.15) is 12.5 Å². The van der Waals surface area contributed by atoms with Gasteiger partial charge in [-0.05, 0) is 23.8 Å². The fourth-order valence-corrected chi connectivity index (χ4v) is 1.90. The van der Waals surface area contributed by atoms with Gasteiger partial charge in [-0.25, -0.2) is 4.39 Å². The SMILES string of the molecule is CC(=O)Nc1ccccc1NC(=O)Cc1ccccc1F. The Hall–Kier alpha value is -2.69. The number of carbonyl (C=O) groups excluding carboxylic acids is 2. The molecule has 0 spiro atoms. The van der Waals surface area contributed by atoms with Crippen molar-refractivity contribution in [3.05, 3.63) is 59.9 Å². The van der Waals surface area contributed by atoms with Crippen molar-refractivity contribution in [2.24, 2.45) is 0 Å². The second kappa shape index (κ2) is 6.65. The van der Waals surface area contributed by atoms with Gasteiger partial charge in [-0.1, -0.05) is 30.3 Å². The van der Waals surface area contributed by atoms with Crippen LogP contribution in [-0.4, -0.2) is 11.8 Å². The number of carbonyl (C=O) groups is 2. The number of halogens is 1. The molecule has 2 aromatic carbocycles. The third kappa shape index (κ3) is 4.14. The Morgan fingerprint density at radius 2 is 1.52 bits per heavy atom. The molecule has 0 radical (unpaired) electrons. The van der Waals surface area contributed by atoms with E-state index >= 15 is 0 Å². The van der Waals surface area contributed by atoms with E-state index in [9.17, 15) is 14.0 Å². The zero-order valence-electron chi connectivity index (χ0n) is 11.5. The lowest BCUT2D eigenvalue weighted by atomic mass is 10.1. The lowest BCUT2D eigenvalue weighted by Gasteiger charge is -2.11. The van der Waals surface area contributed by atoms with E-state index < -0.39 is 5.82 Å². The van der Waals surface area contributed by atoms with Crippen molar-refractivity contribution < 1.29 is 14.0 Å². The van der Waals surface area contributed by atoms with E-state index in [0.29, 0.717) is 16.9 Å². The van der Waals surface area contributed by atoms with E-state index in [1.807, 2.05) is 0 Å². The van der Waals surface area contributed by atoms with Gasteiger partial charge in [0.05, 0.1) is 17.8 Å². The molecule has 2 amide bonds. The van der Waals surface area contributed by atoms with Gasteiger partial charge >= 0.3 is 0 Å². The van der Waals surface area contributed by atoms with Gasteiger partial charge in [0.15, 0.2) is 0 Å². The summed E-state index contributed by atoms with van der Waals surface area (Å²) in [6, 6.07) is 13.0. The summed E-state index contributed by atoms with van der Waals surface area (Å²) < 4.78 is 13.5. The molecule has 0 aromatic heterocycles. The highest BCUT2D eigenvalue weighted by molar-refractivity contribution is 5.99. The fourth-order valence-electron chi connectivity index (χ4n) is 1.90. The predicted molar refractivity (Wildman–Crippen MR) is 79.5 cm³/mol. The summed E-state index contributed by atoms with van der Waals surface area (Å²) in [7, 11) is 0. The van der Waals surface area contributed by atoms with Crippen molar-refractivity contribution in [3.8, 4) is 0 Å². The second-order valence-electron chi connectivity index (χ2n) is 4.54. The Labute approximate surface area is 122 Å². The highest BCUT2D eigenvalue weighted by atomic mass is 19.1. The Morgan fingerprint density at radius 1 is 0.952 bits per heavy atom. The molecule has 0 fully saturated rings. The molecule has 0 heterocycles. The maximum absolute atomic E-state index is 13.5. The van der Waals surface area contributed by atoms with Gasteiger partial charge in [0.2, 0.25) is 11.8 Å². The molecule has 5 heteroatoms. The van der Waals surface area contributed by atoms with Crippen LogP contribution in [-0.2, 0) is 16.0 Å². The van der Waals surface area contributed by atoms with Crippen molar-refractivity contribution in [2.45, 2.75) is 13.3 Å². The molecule has 0 atom stereocenters. The second-order valence-corrected chi connectivity index (χ2v) is 4.54. The number of hydrogen-bond donors (Lipinski definition) is 2. The molecule has 0 saturated carbocycles. The summed E-state index contributed by atoms with van der Waals surface area (Å²) in [5.41, 5.74) is 1.31. The van der Waals surface area contributed by atoms with Crippen LogP contribution >= 0.6 is 0 Å². The summed E-state index contributed by atoms with van der Waals surface area (Å²) in [6.07, 6.45) is -0.0684. The van der Waals surface area contributed by atoms with E-state index in [-0.39, 0.29) is 18.2 Å². The third-order valence-electron chi connectivity index (χ3n) is 2.82. The number of benzene rings is 2. The number of nitrogens with one attached hydrogen (secondary N) is 2. The molecule has 2 rings (SSSR count). The lowest BCUT2D eigenvalue weighted by molar-refractivity contribution is -0.116. The maximum Gasteiger partial charge on any atom is 0.228 e. The first-order valence-electron chi connectivity index (χ1n) is 6.46. The van der Waals surface area contributed by atoms with Crippen LogP contribution in [0.5, 0.6) is 0 Å². The van der Waals surface area contributed by atoms with Crippen LogP contribution in [0.2, 0.25) is 0 Å².